The highest BCUT2D eigenvalue weighted by Gasteiger charge is 2.18. The lowest BCUT2D eigenvalue weighted by Crippen LogP contribution is -1.98. The number of pyridine rings is 2. The molecule has 0 bridgehead atoms. The van der Waals surface area contributed by atoms with E-state index in [0.717, 1.165) is 84.0 Å². The molecule has 0 atom stereocenters. The molecule has 0 N–H and O–H groups in total. The number of hydrogen-bond acceptors (Lipinski definition) is 4. The fourth-order valence-electron chi connectivity index (χ4n) is 7.82. The minimum atomic E-state index is 0.630. The topological polar surface area (TPSA) is 51.6 Å². The summed E-state index contributed by atoms with van der Waals surface area (Å²) in [6.45, 7) is 0. The molecule has 0 amide bonds. The molecule has 10 rings (SSSR count). The highest BCUT2D eigenvalue weighted by atomic mass is 14.9. The van der Waals surface area contributed by atoms with E-state index in [1.807, 2.05) is 48.8 Å². The van der Waals surface area contributed by atoms with Crippen LogP contribution < -0.4 is 0 Å². The molecule has 60 heavy (non-hydrogen) atoms. The Labute approximate surface area is 350 Å². The molecule has 0 unspecified atom stereocenters. The molecule has 0 aliphatic carbocycles. The van der Waals surface area contributed by atoms with Gasteiger partial charge in [-0.15, -0.1) is 0 Å². The van der Waals surface area contributed by atoms with Crippen molar-refractivity contribution in [3.05, 3.63) is 231 Å². The fourth-order valence-corrected chi connectivity index (χ4v) is 7.82. The van der Waals surface area contributed by atoms with E-state index in [0.29, 0.717) is 5.82 Å². The van der Waals surface area contributed by atoms with E-state index >= 15 is 0 Å². The van der Waals surface area contributed by atoms with Gasteiger partial charge in [0.2, 0.25) is 0 Å². The Morgan fingerprint density at radius 1 is 0.233 bits per heavy atom. The summed E-state index contributed by atoms with van der Waals surface area (Å²) in [6, 6.07) is 76.2. The number of aromatic nitrogens is 4. The van der Waals surface area contributed by atoms with E-state index in [1.54, 1.807) is 0 Å². The Balaban J connectivity index is 1.18. The van der Waals surface area contributed by atoms with E-state index < -0.39 is 0 Å². The van der Waals surface area contributed by atoms with Crippen LogP contribution in [0.2, 0.25) is 0 Å². The fraction of sp³-hybridized carbons (Fsp3) is 0. The van der Waals surface area contributed by atoms with Gasteiger partial charge in [0, 0.05) is 34.6 Å². The first kappa shape index (κ1) is 36.3. The number of hydrogen-bond donors (Lipinski definition) is 0. The van der Waals surface area contributed by atoms with Crippen LogP contribution in [0.3, 0.4) is 0 Å². The van der Waals surface area contributed by atoms with Crippen LogP contribution in [0.4, 0.5) is 0 Å². The zero-order chi connectivity index (χ0) is 40.1. The zero-order valence-corrected chi connectivity index (χ0v) is 32.7. The molecule has 7 aromatic carbocycles. The van der Waals surface area contributed by atoms with Crippen molar-refractivity contribution in [1.82, 2.24) is 19.9 Å². The van der Waals surface area contributed by atoms with Crippen LogP contribution in [-0.2, 0) is 0 Å². The molecule has 0 aliphatic rings. The first-order valence-corrected chi connectivity index (χ1v) is 20.1. The second kappa shape index (κ2) is 16.4. The maximum Gasteiger partial charge on any atom is 0.160 e. The molecule has 0 saturated carbocycles. The minimum absolute atomic E-state index is 0.630. The first-order valence-electron chi connectivity index (χ1n) is 20.1. The third kappa shape index (κ3) is 7.53. The lowest BCUT2D eigenvalue weighted by atomic mass is 9.90. The van der Waals surface area contributed by atoms with Gasteiger partial charge >= 0.3 is 0 Å². The van der Waals surface area contributed by atoms with E-state index in [-0.39, 0.29) is 0 Å². The molecule has 4 heteroatoms. The molecule has 10 aromatic rings. The molecule has 3 aromatic heterocycles. The summed E-state index contributed by atoms with van der Waals surface area (Å²) in [6.07, 6.45) is 3.64. The molecule has 3 heterocycles. The van der Waals surface area contributed by atoms with Crippen LogP contribution in [-0.4, -0.2) is 19.9 Å². The van der Waals surface area contributed by atoms with Crippen molar-refractivity contribution in [3.8, 4) is 101 Å². The van der Waals surface area contributed by atoms with Crippen molar-refractivity contribution in [3.63, 3.8) is 0 Å². The van der Waals surface area contributed by atoms with Crippen molar-refractivity contribution in [1.29, 1.82) is 0 Å². The van der Waals surface area contributed by atoms with Crippen LogP contribution in [0.25, 0.3) is 101 Å². The van der Waals surface area contributed by atoms with E-state index in [4.69, 9.17) is 19.9 Å². The van der Waals surface area contributed by atoms with Crippen molar-refractivity contribution in [2.75, 3.05) is 0 Å². The van der Waals surface area contributed by atoms with Gasteiger partial charge in [0.1, 0.15) is 0 Å². The summed E-state index contributed by atoms with van der Waals surface area (Å²) in [5, 5.41) is 0. The zero-order valence-electron chi connectivity index (χ0n) is 32.7. The molecule has 0 spiro atoms. The number of nitrogens with zero attached hydrogens (tertiary/aromatic N) is 4. The third-order valence-electron chi connectivity index (χ3n) is 10.8. The van der Waals surface area contributed by atoms with Crippen LogP contribution >= 0.6 is 0 Å². The van der Waals surface area contributed by atoms with Gasteiger partial charge in [-0.05, 0) is 92.5 Å². The molecule has 0 saturated heterocycles. The standard InChI is InChI=1S/C56H38N4/c1-4-15-39(16-5-1)41-25-29-44(30-26-41)53-38-54(45-31-27-42(28-32-45)40-17-6-2-7-18-40)60-56(59-53)48-36-46(50-22-11-10-21-49(50)43-19-8-3-9-20-43)35-47(37-48)51-23-14-34-58-55(51)52-24-12-13-33-57-52/h1-38H. The largest absolute Gasteiger partial charge is 0.255 e. The summed E-state index contributed by atoms with van der Waals surface area (Å²) in [5.74, 6) is 0.630. The normalized spacial score (nSPS) is 11.0. The van der Waals surface area contributed by atoms with E-state index in [9.17, 15) is 0 Å². The highest BCUT2D eigenvalue weighted by Crippen LogP contribution is 2.40. The summed E-state index contributed by atoms with van der Waals surface area (Å²) >= 11 is 0. The molecule has 282 valence electrons. The third-order valence-corrected chi connectivity index (χ3v) is 10.8. The summed E-state index contributed by atoms with van der Waals surface area (Å²) in [5.41, 5.74) is 17.3. The minimum Gasteiger partial charge on any atom is -0.255 e. The molecule has 0 aliphatic heterocycles. The van der Waals surface area contributed by atoms with E-state index in [2.05, 4.69) is 182 Å². The maximum atomic E-state index is 5.36. The van der Waals surface area contributed by atoms with Gasteiger partial charge in [-0.1, -0.05) is 176 Å². The first-order chi connectivity index (χ1) is 29.7. The average Bonchev–Trinajstić information content (AvgIpc) is 3.35. The molecule has 4 nitrogen and oxygen atoms in total. The highest BCUT2D eigenvalue weighted by molar-refractivity contribution is 5.90. The van der Waals surface area contributed by atoms with Gasteiger partial charge in [-0.3, -0.25) is 9.97 Å². The van der Waals surface area contributed by atoms with Crippen molar-refractivity contribution in [2.24, 2.45) is 0 Å². The Hall–Kier alpha value is -8.08. The Morgan fingerprint density at radius 3 is 1.20 bits per heavy atom. The predicted molar refractivity (Wildman–Crippen MR) is 247 cm³/mol. The number of rotatable bonds is 9. The van der Waals surface area contributed by atoms with Gasteiger partial charge in [0.05, 0.1) is 22.8 Å². The molecular formula is C56H38N4. The van der Waals surface area contributed by atoms with Gasteiger partial charge < -0.3 is 0 Å². The van der Waals surface area contributed by atoms with Gasteiger partial charge in [-0.2, -0.15) is 0 Å². The van der Waals surface area contributed by atoms with Crippen LogP contribution in [0.5, 0.6) is 0 Å². The summed E-state index contributed by atoms with van der Waals surface area (Å²) in [7, 11) is 0. The second-order valence-electron chi connectivity index (χ2n) is 14.7. The van der Waals surface area contributed by atoms with Crippen molar-refractivity contribution in [2.45, 2.75) is 0 Å². The van der Waals surface area contributed by atoms with E-state index in [1.165, 1.54) is 11.1 Å². The lowest BCUT2D eigenvalue weighted by Gasteiger charge is -2.16. The van der Waals surface area contributed by atoms with Crippen molar-refractivity contribution >= 4 is 0 Å². The Bertz CT molecular complexity index is 2840. The molecular weight excluding hydrogens is 729 g/mol. The number of benzene rings is 7. The quantitative estimate of drug-likeness (QED) is 0.147. The summed E-state index contributed by atoms with van der Waals surface area (Å²) in [4.78, 5) is 20.3. The van der Waals surface area contributed by atoms with Crippen LogP contribution in [0.1, 0.15) is 0 Å². The maximum absolute atomic E-state index is 5.36. The smallest absolute Gasteiger partial charge is 0.160 e. The predicted octanol–water partition coefficient (Wildman–Crippen LogP) is 14.3. The Kier molecular flexibility index (Phi) is 9.92. The SMILES string of the molecule is c1ccc(-c2ccc(-c3cc(-c4ccc(-c5ccccc5)cc4)nc(-c4cc(-c5ccccc5-c5ccccc5)cc(-c5cccnc5-c5ccccn5)c4)n3)cc2)cc1. The van der Waals surface area contributed by atoms with Crippen LogP contribution in [0, 0.1) is 0 Å². The molecule has 0 fully saturated rings. The van der Waals surface area contributed by atoms with Gasteiger partial charge in [0.25, 0.3) is 0 Å². The van der Waals surface area contributed by atoms with Gasteiger partial charge in [0.15, 0.2) is 5.82 Å². The molecule has 0 radical (unpaired) electrons. The van der Waals surface area contributed by atoms with Crippen molar-refractivity contribution < 1.29 is 0 Å². The Morgan fingerprint density at radius 2 is 0.650 bits per heavy atom. The lowest BCUT2D eigenvalue weighted by molar-refractivity contribution is 1.18. The van der Waals surface area contributed by atoms with Crippen LogP contribution in [0.15, 0.2) is 231 Å². The van der Waals surface area contributed by atoms with Gasteiger partial charge in [-0.25, -0.2) is 9.97 Å². The summed E-state index contributed by atoms with van der Waals surface area (Å²) < 4.78 is 0. The average molecular weight is 767 g/mol. The second-order valence-corrected chi connectivity index (χ2v) is 14.7. The monoisotopic (exact) mass is 766 g/mol.